The van der Waals surface area contributed by atoms with Crippen molar-refractivity contribution >= 4 is 22.5 Å². The highest BCUT2D eigenvalue weighted by Gasteiger charge is 2.23. The van der Waals surface area contributed by atoms with Crippen LogP contribution in [0.5, 0.6) is 0 Å². The van der Waals surface area contributed by atoms with Crippen LogP contribution >= 0.6 is 11.6 Å². The summed E-state index contributed by atoms with van der Waals surface area (Å²) in [5.41, 5.74) is 4.34. The number of fused-ring (bicyclic) bond motifs is 3. The minimum absolute atomic E-state index is 0.735. The lowest BCUT2D eigenvalue weighted by molar-refractivity contribution is 0.475. The summed E-state index contributed by atoms with van der Waals surface area (Å²) in [7, 11) is 0. The average Bonchev–Trinajstić information content (AvgIpc) is 3.02. The Morgan fingerprint density at radius 3 is 2.38 bits per heavy atom. The maximum absolute atomic E-state index is 6.22. The molecule has 0 fully saturated rings. The highest BCUT2D eigenvalue weighted by molar-refractivity contribution is 6.31. The Kier molecular flexibility index (Phi) is 7.92. The summed E-state index contributed by atoms with van der Waals surface area (Å²) in [6.07, 6.45) is 19.5. The Morgan fingerprint density at radius 2 is 1.65 bits per heavy atom. The van der Waals surface area contributed by atoms with Gasteiger partial charge in [0.15, 0.2) is 0 Å². The number of benzene rings is 1. The van der Waals surface area contributed by atoms with Crippen molar-refractivity contribution in [1.29, 1.82) is 0 Å². The molecule has 1 aromatic heterocycles. The molecule has 1 aliphatic carbocycles. The number of unbranched alkanes of at least 4 members (excludes halogenated alkanes) is 9. The molecule has 144 valence electrons. The predicted molar refractivity (Wildman–Crippen MR) is 115 cm³/mol. The molecule has 1 unspecified atom stereocenters. The number of halogens is 1. The van der Waals surface area contributed by atoms with Crippen LogP contribution in [0.25, 0.3) is 10.9 Å². The lowest BCUT2D eigenvalue weighted by Gasteiger charge is -2.22. The van der Waals surface area contributed by atoms with Gasteiger partial charge in [-0.1, -0.05) is 82.7 Å². The summed E-state index contributed by atoms with van der Waals surface area (Å²) in [6, 6.07) is 6.30. The van der Waals surface area contributed by atoms with Crippen LogP contribution in [0.15, 0.2) is 18.2 Å². The quantitative estimate of drug-likeness (QED) is 0.379. The number of hydrogen-bond donors (Lipinski definition) is 1. The molecule has 1 N–H and O–H groups in total. The van der Waals surface area contributed by atoms with Gasteiger partial charge in [0.1, 0.15) is 0 Å². The molecule has 0 spiro atoms. The monoisotopic (exact) mass is 373 g/mol. The molecule has 0 amide bonds. The number of H-pyrrole nitrogens is 1. The number of aromatic amines is 1. The first-order chi connectivity index (χ1) is 12.8. The molecule has 2 aromatic rings. The zero-order chi connectivity index (χ0) is 18.2. The third kappa shape index (κ3) is 5.28. The molecule has 0 aliphatic heterocycles. The Bertz CT molecular complexity index is 672. The van der Waals surface area contributed by atoms with E-state index in [1.54, 1.807) is 5.56 Å². The molecule has 1 atom stereocenters. The highest BCUT2D eigenvalue weighted by atomic mass is 35.5. The van der Waals surface area contributed by atoms with Crippen molar-refractivity contribution in [1.82, 2.24) is 4.98 Å². The Labute approximate surface area is 164 Å². The van der Waals surface area contributed by atoms with E-state index >= 15 is 0 Å². The molecular weight excluding hydrogens is 338 g/mol. The van der Waals surface area contributed by atoms with Crippen LogP contribution in [-0.4, -0.2) is 4.98 Å². The van der Waals surface area contributed by atoms with Crippen molar-refractivity contribution in [2.24, 2.45) is 0 Å². The maximum Gasteiger partial charge on any atom is 0.0460 e. The fourth-order valence-electron chi connectivity index (χ4n) is 4.69. The van der Waals surface area contributed by atoms with Crippen LogP contribution in [0, 0.1) is 0 Å². The lowest BCUT2D eigenvalue weighted by Crippen LogP contribution is -2.09. The fourth-order valence-corrected chi connectivity index (χ4v) is 4.87. The van der Waals surface area contributed by atoms with Gasteiger partial charge in [-0.2, -0.15) is 0 Å². The summed E-state index contributed by atoms with van der Waals surface area (Å²) in [4.78, 5) is 3.72. The summed E-state index contributed by atoms with van der Waals surface area (Å²) < 4.78 is 0. The van der Waals surface area contributed by atoms with E-state index in [2.05, 4.69) is 24.0 Å². The van der Waals surface area contributed by atoms with Gasteiger partial charge in [0.05, 0.1) is 0 Å². The number of rotatable bonds is 11. The van der Waals surface area contributed by atoms with Crippen molar-refractivity contribution in [3.8, 4) is 0 Å². The second-order valence-electron chi connectivity index (χ2n) is 8.27. The van der Waals surface area contributed by atoms with Gasteiger partial charge in [0, 0.05) is 21.6 Å². The minimum atomic E-state index is 0.735. The van der Waals surface area contributed by atoms with Gasteiger partial charge in [-0.25, -0.2) is 0 Å². The van der Waals surface area contributed by atoms with Gasteiger partial charge in [-0.15, -0.1) is 0 Å². The van der Waals surface area contributed by atoms with Gasteiger partial charge in [-0.05, 0) is 55.4 Å². The maximum atomic E-state index is 6.22. The second kappa shape index (κ2) is 10.4. The molecule has 0 saturated heterocycles. The third-order valence-corrected chi connectivity index (χ3v) is 6.43. The van der Waals surface area contributed by atoms with E-state index < -0.39 is 0 Å². The van der Waals surface area contributed by atoms with E-state index in [9.17, 15) is 0 Å². The zero-order valence-electron chi connectivity index (χ0n) is 16.6. The van der Waals surface area contributed by atoms with E-state index in [1.165, 1.54) is 106 Å². The van der Waals surface area contributed by atoms with Crippen LogP contribution < -0.4 is 0 Å². The SMILES string of the molecule is CCCCCCCCCCCCC1CCCc2c1[nH]c1ccc(Cl)cc21. The summed E-state index contributed by atoms with van der Waals surface area (Å²) >= 11 is 6.22. The van der Waals surface area contributed by atoms with E-state index in [1.807, 2.05) is 6.07 Å². The van der Waals surface area contributed by atoms with Gasteiger partial charge in [0.2, 0.25) is 0 Å². The van der Waals surface area contributed by atoms with Crippen LogP contribution in [0.1, 0.15) is 108 Å². The third-order valence-electron chi connectivity index (χ3n) is 6.19. The smallest absolute Gasteiger partial charge is 0.0460 e. The Hall–Kier alpha value is -0.950. The summed E-state index contributed by atoms with van der Waals surface area (Å²) in [5.74, 6) is 0.735. The molecule has 3 rings (SSSR count). The minimum Gasteiger partial charge on any atom is -0.358 e. The van der Waals surface area contributed by atoms with E-state index in [-0.39, 0.29) is 0 Å². The topological polar surface area (TPSA) is 15.8 Å². The van der Waals surface area contributed by atoms with Gasteiger partial charge >= 0.3 is 0 Å². The molecule has 1 aromatic carbocycles. The van der Waals surface area contributed by atoms with Crippen molar-refractivity contribution in [3.63, 3.8) is 0 Å². The molecule has 0 radical (unpaired) electrons. The van der Waals surface area contributed by atoms with Crippen molar-refractivity contribution in [2.75, 3.05) is 0 Å². The normalized spacial score (nSPS) is 16.9. The molecule has 1 heterocycles. The largest absolute Gasteiger partial charge is 0.358 e. The van der Waals surface area contributed by atoms with E-state index in [0.717, 1.165) is 10.9 Å². The number of aromatic nitrogens is 1. The van der Waals surface area contributed by atoms with Gasteiger partial charge < -0.3 is 4.98 Å². The lowest BCUT2D eigenvalue weighted by atomic mass is 9.83. The second-order valence-corrected chi connectivity index (χ2v) is 8.70. The molecule has 1 nitrogen and oxygen atoms in total. The summed E-state index contributed by atoms with van der Waals surface area (Å²) in [6.45, 7) is 2.29. The standard InChI is InChI=1S/C24H36ClN/c1-2-3-4-5-6-7-8-9-10-11-13-19-14-12-15-21-22-18-20(25)16-17-23(22)26-24(19)21/h16-19,26H,2-15H2,1H3. The van der Waals surface area contributed by atoms with Gasteiger partial charge in [-0.3, -0.25) is 0 Å². The van der Waals surface area contributed by atoms with E-state index in [0.29, 0.717) is 0 Å². The number of nitrogens with one attached hydrogen (secondary N) is 1. The van der Waals surface area contributed by atoms with Crippen LogP contribution in [0.3, 0.4) is 0 Å². The first kappa shape index (κ1) is 19.8. The number of aryl methyl sites for hydroxylation is 1. The molecule has 1 aliphatic rings. The van der Waals surface area contributed by atoms with E-state index in [4.69, 9.17) is 11.6 Å². The Morgan fingerprint density at radius 1 is 0.962 bits per heavy atom. The predicted octanol–water partition coefficient (Wildman–Crippen LogP) is 8.55. The molecule has 0 saturated carbocycles. The van der Waals surface area contributed by atoms with Crippen LogP contribution in [0.2, 0.25) is 5.02 Å². The molecule has 26 heavy (non-hydrogen) atoms. The first-order valence-corrected chi connectivity index (χ1v) is 11.5. The van der Waals surface area contributed by atoms with Crippen LogP contribution in [-0.2, 0) is 6.42 Å². The fraction of sp³-hybridized carbons (Fsp3) is 0.667. The highest BCUT2D eigenvalue weighted by Crippen LogP contribution is 2.39. The van der Waals surface area contributed by atoms with Gasteiger partial charge in [0.25, 0.3) is 0 Å². The molecule has 2 heteroatoms. The Balaban J connectivity index is 1.40. The average molecular weight is 374 g/mol. The molecule has 0 bridgehead atoms. The van der Waals surface area contributed by atoms with Crippen molar-refractivity contribution < 1.29 is 0 Å². The first-order valence-electron chi connectivity index (χ1n) is 11.1. The van der Waals surface area contributed by atoms with Crippen molar-refractivity contribution in [3.05, 3.63) is 34.5 Å². The summed E-state index contributed by atoms with van der Waals surface area (Å²) in [5, 5.41) is 2.22. The molecular formula is C24H36ClN. The van der Waals surface area contributed by atoms with Crippen LogP contribution in [0.4, 0.5) is 0 Å². The zero-order valence-corrected chi connectivity index (χ0v) is 17.3. The number of hydrogen-bond acceptors (Lipinski definition) is 0. The van der Waals surface area contributed by atoms with Crippen molar-refractivity contribution in [2.45, 2.75) is 103 Å².